The predicted octanol–water partition coefficient (Wildman–Crippen LogP) is 2.99. The van der Waals surface area contributed by atoms with Gasteiger partial charge in [-0.15, -0.1) is 6.58 Å². The van der Waals surface area contributed by atoms with Crippen molar-refractivity contribution in [2.75, 3.05) is 0 Å². The van der Waals surface area contributed by atoms with E-state index in [1.165, 1.54) is 11.1 Å². The number of hydrogen-bond donors (Lipinski definition) is 1. The normalized spacial score (nSPS) is 12.6. The summed E-state index contributed by atoms with van der Waals surface area (Å²) in [7, 11) is 0. The van der Waals surface area contributed by atoms with Crippen LogP contribution in [0.4, 0.5) is 0 Å². The molecule has 64 valence electrons. The molecule has 0 bridgehead atoms. The molecule has 0 aromatic heterocycles. The Morgan fingerprint density at radius 2 is 1.82 bits per heavy atom. The van der Waals surface area contributed by atoms with Crippen LogP contribution in [0.25, 0.3) is 0 Å². The van der Waals surface area contributed by atoms with Gasteiger partial charge in [-0.3, -0.25) is 0 Å². The summed E-state index contributed by atoms with van der Waals surface area (Å²) >= 11 is 0. The first kappa shape index (κ1) is 10.3. The third kappa shape index (κ3) is 4.65. The van der Waals surface area contributed by atoms with Gasteiger partial charge in [0.1, 0.15) is 0 Å². The second kappa shape index (κ2) is 5.00. The topological polar surface area (TPSA) is 26.0 Å². The Hall–Kier alpha value is -0.720. The highest BCUT2D eigenvalue weighted by Gasteiger charge is 1.97. The molecule has 0 atom stereocenters. The van der Waals surface area contributed by atoms with Crippen LogP contribution >= 0.6 is 0 Å². The lowest BCUT2D eigenvalue weighted by Gasteiger charge is -2.06. The summed E-state index contributed by atoms with van der Waals surface area (Å²) in [4.78, 5) is 0. The average Bonchev–Trinajstić information content (AvgIpc) is 1.87. The fraction of sp³-hybridized carbons (Fsp3) is 0.600. The summed E-state index contributed by atoms with van der Waals surface area (Å²) in [6.45, 7) is 10.0. The fourth-order valence-electron chi connectivity index (χ4n) is 1.02. The number of allylic oxidation sites excluding steroid dienone is 3. The summed E-state index contributed by atoms with van der Waals surface area (Å²) in [6.07, 6.45) is 3.21. The number of hydrogen-bond acceptors (Lipinski definition) is 1. The summed E-state index contributed by atoms with van der Waals surface area (Å²) in [5.74, 6) is 0. The Bertz CT molecular complexity index is 162. The highest BCUT2D eigenvalue weighted by atomic mass is 14.6. The molecule has 1 nitrogen and oxygen atoms in total. The van der Waals surface area contributed by atoms with E-state index < -0.39 is 0 Å². The van der Waals surface area contributed by atoms with E-state index >= 15 is 0 Å². The lowest BCUT2D eigenvalue weighted by molar-refractivity contribution is 0.854. The van der Waals surface area contributed by atoms with Crippen LogP contribution in [-0.4, -0.2) is 0 Å². The second-order valence-electron chi connectivity index (χ2n) is 3.10. The maximum Gasteiger partial charge on any atom is 0.00408 e. The van der Waals surface area contributed by atoms with Crippen molar-refractivity contribution >= 4 is 0 Å². The Balaban J connectivity index is 3.91. The molecule has 0 radical (unpaired) electrons. The zero-order chi connectivity index (χ0) is 8.85. The molecule has 0 aromatic carbocycles. The van der Waals surface area contributed by atoms with Gasteiger partial charge in [-0.1, -0.05) is 18.1 Å². The molecule has 0 aromatic rings. The molecule has 0 spiro atoms. The smallest absolute Gasteiger partial charge is 0.00408 e. The van der Waals surface area contributed by atoms with Crippen LogP contribution < -0.4 is 5.73 Å². The Morgan fingerprint density at radius 3 is 2.09 bits per heavy atom. The van der Waals surface area contributed by atoms with Gasteiger partial charge in [-0.25, -0.2) is 0 Å². The lowest BCUT2D eigenvalue weighted by Crippen LogP contribution is -1.97. The van der Waals surface area contributed by atoms with Gasteiger partial charge in [0.2, 0.25) is 0 Å². The molecule has 0 heterocycles. The van der Waals surface area contributed by atoms with E-state index in [0.29, 0.717) is 0 Å². The van der Waals surface area contributed by atoms with Gasteiger partial charge in [0.05, 0.1) is 0 Å². The molecule has 0 aliphatic rings. The molecule has 0 fully saturated rings. The third-order valence-corrected chi connectivity index (χ3v) is 1.84. The third-order valence-electron chi connectivity index (χ3n) is 1.84. The summed E-state index contributed by atoms with van der Waals surface area (Å²) in [5, 5.41) is 0. The molecule has 0 unspecified atom stereocenters. The quantitative estimate of drug-likeness (QED) is 0.617. The van der Waals surface area contributed by atoms with Gasteiger partial charge in [0, 0.05) is 5.70 Å². The zero-order valence-corrected chi connectivity index (χ0v) is 7.91. The van der Waals surface area contributed by atoms with Gasteiger partial charge in [0.15, 0.2) is 0 Å². The first-order valence-electron chi connectivity index (χ1n) is 4.16. The highest BCUT2D eigenvalue weighted by Crippen LogP contribution is 2.14. The molecule has 0 aliphatic carbocycles. The van der Waals surface area contributed by atoms with Crippen molar-refractivity contribution in [2.45, 2.75) is 40.0 Å². The summed E-state index contributed by atoms with van der Waals surface area (Å²) < 4.78 is 0. The average molecular weight is 153 g/mol. The van der Waals surface area contributed by atoms with Crippen molar-refractivity contribution in [1.82, 2.24) is 0 Å². The van der Waals surface area contributed by atoms with Gasteiger partial charge in [0.25, 0.3) is 0 Å². The maximum atomic E-state index is 5.68. The molecule has 1 heteroatoms. The van der Waals surface area contributed by atoms with Crippen LogP contribution in [0.2, 0.25) is 0 Å². The monoisotopic (exact) mass is 153 g/mol. The Labute approximate surface area is 70.0 Å². The van der Waals surface area contributed by atoms with Gasteiger partial charge < -0.3 is 5.73 Å². The lowest BCUT2D eigenvalue weighted by atomic mass is 10.0. The van der Waals surface area contributed by atoms with E-state index in [2.05, 4.69) is 20.4 Å². The van der Waals surface area contributed by atoms with Crippen LogP contribution in [0.5, 0.6) is 0 Å². The van der Waals surface area contributed by atoms with Crippen molar-refractivity contribution in [3.63, 3.8) is 0 Å². The molecule has 0 amide bonds. The molecule has 0 rings (SSSR count). The number of nitrogens with two attached hydrogens (primary N) is 1. The number of rotatable bonds is 4. The molecular weight excluding hydrogens is 134 g/mol. The van der Waals surface area contributed by atoms with E-state index in [1.54, 1.807) is 0 Å². The minimum absolute atomic E-state index is 0.980. The van der Waals surface area contributed by atoms with Crippen molar-refractivity contribution in [1.29, 1.82) is 0 Å². The van der Waals surface area contributed by atoms with E-state index in [-0.39, 0.29) is 0 Å². The van der Waals surface area contributed by atoms with Gasteiger partial charge in [-0.05, 0) is 33.1 Å². The van der Waals surface area contributed by atoms with Crippen molar-refractivity contribution in [2.24, 2.45) is 5.73 Å². The summed E-state index contributed by atoms with van der Waals surface area (Å²) in [6, 6.07) is 0. The zero-order valence-electron chi connectivity index (χ0n) is 7.91. The minimum Gasteiger partial charge on any atom is -0.402 e. The second-order valence-corrected chi connectivity index (χ2v) is 3.10. The largest absolute Gasteiger partial charge is 0.402 e. The molecule has 2 N–H and O–H groups in total. The molecule has 0 saturated heterocycles. The van der Waals surface area contributed by atoms with E-state index in [0.717, 1.165) is 25.0 Å². The van der Waals surface area contributed by atoms with Crippen LogP contribution in [-0.2, 0) is 0 Å². The van der Waals surface area contributed by atoms with Gasteiger partial charge in [-0.2, -0.15) is 0 Å². The first-order valence-corrected chi connectivity index (χ1v) is 4.16. The van der Waals surface area contributed by atoms with E-state index in [1.807, 2.05) is 6.92 Å². The molecule has 11 heavy (non-hydrogen) atoms. The first-order chi connectivity index (χ1) is 5.07. The SMILES string of the molecule is C=C(C)CC/C(CC)=C(/C)N. The van der Waals surface area contributed by atoms with Crippen LogP contribution in [0.1, 0.15) is 40.0 Å². The minimum atomic E-state index is 0.980. The maximum absolute atomic E-state index is 5.68. The molecule has 0 saturated carbocycles. The fourth-order valence-corrected chi connectivity index (χ4v) is 1.02. The van der Waals surface area contributed by atoms with Gasteiger partial charge >= 0.3 is 0 Å². The van der Waals surface area contributed by atoms with Crippen molar-refractivity contribution < 1.29 is 0 Å². The highest BCUT2D eigenvalue weighted by molar-refractivity contribution is 5.10. The van der Waals surface area contributed by atoms with Crippen LogP contribution in [0.3, 0.4) is 0 Å². The standard InChI is InChI=1S/C10H19N/c1-5-10(9(4)11)7-6-8(2)3/h2,5-7,11H2,1,3-4H3/b10-9-. The molecular formula is C10H19N. The van der Waals surface area contributed by atoms with E-state index in [4.69, 9.17) is 5.73 Å². The van der Waals surface area contributed by atoms with Crippen LogP contribution in [0.15, 0.2) is 23.4 Å². The molecule has 0 aliphatic heterocycles. The van der Waals surface area contributed by atoms with Crippen molar-refractivity contribution in [3.05, 3.63) is 23.4 Å². The van der Waals surface area contributed by atoms with Crippen molar-refractivity contribution in [3.8, 4) is 0 Å². The van der Waals surface area contributed by atoms with Crippen LogP contribution in [0, 0.1) is 0 Å². The predicted molar refractivity (Wildman–Crippen MR) is 51.2 cm³/mol. The summed E-state index contributed by atoms with van der Waals surface area (Å²) in [5.41, 5.74) is 9.27. The Morgan fingerprint density at radius 1 is 1.27 bits per heavy atom. The van der Waals surface area contributed by atoms with E-state index in [9.17, 15) is 0 Å². The Kier molecular flexibility index (Phi) is 4.67.